The Morgan fingerprint density at radius 1 is 1.70 bits per heavy atom. The topological polar surface area (TPSA) is 0 Å². The maximum absolute atomic E-state index is 3.76. The molecule has 0 aliphatic heterocycles. The van der Waals surface area contributed by atoms with E-state index in [1.807, 2.05) is 17.4 Å². The summed E-state index contributed by atoms with van der Waals surface area (Å²) in [6.45, 7) is 8.11. The van der Waals surface area contributed by atoms with Gasteiger partial charge in [0.15, 0.2) is 7.28 Å². The van der Waals surface area contributed by atoms with Crippen LogP contribution in [0.3, 0.4) is 0 Å². The van der Waals surface area contributed by atoms with Gasteiger partial charge in [-0.3, -0.25) is 0 Å². The zero-order valence-corrected chi connectivity index (χ0v) is 7.29. The quantitative estimate of drug-likeness (QED) is 0.564. The molecule has 10 heavy (non-hydrogen) atoms. The Morgan fingerprint density at radius 3 is 2.80 bits per heavy atom. The van der Waals surface area contributed by atoms with Gasteiger partial charge in [-0.15, -0.1) is 11.3 Å². The van der Waals surface area contributed by atoms with Crippen molar-refractivity contribution in [1.29, 1.82) is 0 Å². The second-order valence-electron chi connectivity index (χ2n) is 2.28. The van der Waals surface area contributed by atoms with Crippen LogP contribution in [-0.2, 0) is 0 Å². The first-order chi connectivity index (χ1) is 4.79. The molecule has 0 spiro atoms. The lowest BCUT2D eigenvalue weighted by atomic mass is 9.71. The third-order valence-electron chi connectivity index (χ3n) is 1.71. The van der Waals surface area contributed by atoms with E-state index in [0.29, 0.717) is 0 Å². The standard InChI is InChI=1S/C8H11BS/c1-4-7-5-10-6(2)8(7)9-3/h4-5,9H,1H2,2-3H3. The summed E-state index contributed by atoms with van der Waals surface area (Å²) in [6, 6.07) is 0. The Balaban J connectivity index is 3.12. The molecule has 0 amide bonds. The maximum Gasteiger partial charge on any atom is 0.156 e. The Bertz CT molecular complexity index is 237. The largest absolute Gasteiger partial charge is 0.156 e. The first-order valence-corrected chi connectivity index (χ1v) is 4.37. The molecule has 0 bridgehead atoms. The predicted molar refractivity (Wildman–Crippen MR) is 51.8 cm³/mol. The average molecular weight is 150 g/mol. The third kappa shape index (κ3) is 1.17. The molecule has 0 nitrogen and oxygen atoms in total. The zero-order valence-electron chi connectivity index (χ0n) is 6.48. The van der Waals surface area contributed by atoms with Gasteiger partial charge in [-0.2, -0.15) is 0 Å². The summed E-state index contributed by atoms with van der Waals surface area (Å²) in [5, 5.41) is 2.17. The van der Waals surface area contributed by atoms with Gasteiger partial charge in [0.1, 0.15) is 0 Å². The van der Waals surface area contributed by atoms with E-state index in [1.54, 1.807) is 0 Å². The van der Waals surface area contributed by atoms with Gasteiger partial charge >= 0.3 is 0 Å². The molecular weight excluding hydrogens is 139 g/mol. The SMILES string of the molecule is C=Cc1csc(C)c1BC. The minimum atomic E-state index is 1.12. The monoisotopic (exact) mass is 150 g/mol. The van der Waals surface area contributed by atoms with Crippen molar-refractivity contribution in [1.82, 2.24) is 0 Å². The predicted octanol–water partition coefficient (Wildman–Crippen LogP) is 1.81. The highest BCUT2D eigenvalue weighted by Crippen LogP contribution is 2.10. The van der Waals surface area contributed by atoms with Crippen LogP contribution in [0.5, 0.6) is 0 Å². The molecule has 1 aromatic heterocycles. The molecule has 0 aliphatic carbocycles. The lowest BCUT2D eigenvalue weighted by Gasteiger charge is -1.93. The average Bonchev–Trinajstić information content (AvgIpc) is 2.30. The molecule has 0 fully saturated rings. The van der Waals surface area contributed by atoms with E-state index in [0.717, 1.165) is 7.28 Å². The molecule has 52 valence electrons. The van der Waals surface area contributed by atoms with E-state index in [2.05, 4.69) is 25.7 Å². The molecule has 0 saturated heterocycles. The van der Waals surface area contributed by atoms with Crippen molar-refractivity contribution in [2.24, 2.45) is 0 Å². The van der Waals surface area contributed by atoms with Crippen LogP contribution in [0.4, 0.5) is 0 Å². The van der Waals surface area contributed by atoms with Crippen LogP contribution in [-0.4, -0.2) is 7.28 Å². The molecule has 0 atom stereocenters. The second-order valence-corrected chi connectivity index (χ2v) is 3.37. The van der Waals surface area contributed by atoms with Gasteiger partial charge in [0.2, 0.25) is 0 Å². The van der Waals surface area contributed by atoms with Crippen molar-refractivity contribution >= 4 is 30.2 Å². The smallest absolute Gasteiger partial charge is 0.149 e. The van der Waals surface area contributed by atoms with Gasteiger partial charge in [-0.1, -0.05) is 24.9 Å². The normalized spacial score (nSPS) is 9.40. The molecular formula is C8H11BS. The molecule has 1 rings (SSSR count). The number of rotatable bonds is 2. The summed E-state index contributed by atoms with van der Waals surface area (Å²) in [4.78, 5) is 1.43. The summed E-state index contributed by atoms with van der Waals surface area (Å²) in [5.74, 6) is 0. The molecule has 0 unspecified atom stereocenters. The van der Waals surface area contributed by atoms with E-state index in [1.165, 1.54) is 15.9 Å². The number of aryl methyl sites for hydroxylation is 1. The first-order valence-electron chi connectivity index (χ1n) is 3.49. The van der Waals surface area contributed by atoms with E-state index in [9.17, 15) is 0 Å². The summed E-state index contributed by atoms with van der Waals surface area (Å²) in [5.41, 5.74) is 2.77. The first kappa shape index (κ1) is 7.61. The van der Waals surface area contributed by atoms with Crippen molar-refractivity contribution < 1.29 is 0 Å². The van der Waals surface area contributed by atoms with Crippen LogP contribution in [0.1, 0.15) is 10.4 Å². The van der Waals surface area contributed by atoms with Gasteiger partial charge in [0, 0.05) is 0 Å². The Kier molecular flexibility index (Phi) is 2.33. The molecule has 0 aliphatic rings. The minimum Gasteiger partial charge on any atom is -0.149 e. The number of thiophene rings is 1. The molecule has 2 heteroatoms. The van der Waals surface area contributed by atoms with Crippen LogP contribution in [0.2, 0.25) is 6.82 Å². The van der Waals surface area contributed by atoms with Gasteiger partial charge in [-0.05, 0) is 22.7 Å². The second kappa shape index (κ2) is 3.06. The van der Waals surface area contributed by atoms with Crippen molar-refractivity contribution in [2.75, 3.05) is 0 Å². The fraction of sp³-hybridized carbons (Fsp3) is 0.250. The molecule has 0 aromatic carbocycles. The summed E-state index contributed by atoms with van der Waals surface area (Å²) in [6.07, 6.45) is 1.93. The van der Waals surface area contributed by atoms with Crippen LogP contribution in [0.15, 0.2) is 12.0 Å². The van der Waals surface area contributed by atoms with E-state index < -0.39 is 0 Å². The molecule has 1 heterocycles. The fourth-order valence-electron chi connectivity index (χ4n) is 1.12. The molecule has 0 radical (unpaired) electrons. The van der Waals surface area contributed by atoms with Crippen LogP contribution in [0, 0.1) is 6.92 Å². The number of hydrogen-bond donors (Lipinski definition) is 0. The highest BCUT2D eigenvalue weighted by Gasteiger charge is 2.02. The number of hydrogen-bond acceptors (Lipinski definition) is 1. The highest BCUT2D eigenvalue weighted by molar-refractivity contribution is 7.11. The van der Waals surface area contributed by atoms with Gasteiger partial charge in [0.05, 0.1) is 0 Å². The van der Waals surface area contributed by atoms with E-state index in [-0.39, 0.29) is 0 Å². The summed E-state index contributed by atoms with van der Waals surface area (Å²) >= 11 is 1.81. The highest BCUT2D eigenvalue weighted by atomic mass is 32.1. The Morgan fingerprint density at radius 2 is 2.40 bits per heavy atom. The third-order valence-corrected chi connectivity index (χ3v) is 2.68. The van der Waals surface area contributed by atoms with Crippen molar-refractivity contribution in [2.45, 2.75) is 13.7 Å². The van der Waals surface area contributed by atoms with Crippen LogP contribution in [0.25, 0.3) is 6.08 Å². The summed E-state index contributed by atoms with van der Waals surface area (Å²) < 4.78 is 0. The molecule has 0 saturated carbocycles. The Hall–Kier alpha value is -0.495. The fourth-order valence-corrected chi connectivity index (χ4v) is 2.07. The maximum atomic E-state index is 3.76. The lowest BCUT2D eigenvalue weighted by molar-refractivity contribution is 1.67. The lowest BCUT2D eigenvalue weighted by Crippen LogP contribution is -2.13. The van der Waals surface area contributed by atoms with Gasteiger partial charge < -0.3 is 0 Å². The van der Waals surface area contributed by atoms with Crippen molar-refractivity contribution in [3.63, 3.8) is 0 Å². The summed E-state index contributed by atoms with van der Waals surface area (Å²) in [7, 11) is 1.12. The van der Waals surface area contributed by atoms with Crippen LogP contribution < -0.4 is 5.46 Å². The minimum absolute atomic E-state index is 1.12. The molecule has 0 N–H and O–H groups in total. The van der Waals surface area contributed by atoms with Crippen molar-refractivity contribution in [3.05, 3.63) is 22.4 Å². The Labute approximate surface area is 66.8 Å². The van der Waals surface area contributed by atoms with Crippen LogP contribution >= 0.6 is 11.3 Å². The molecule has 1 aromatic rings. The van der Waals surface area contributed by atoms with E-state index in [4.69, 9.17) is 0 Å². The van der Waals surface area contributed by atoms with Gasteiger partial charge in [-0.25, -0.2) is 0 Å². The van der Waals surface area contributed by atoms with E-state index >= 15 is 0 Å². The van der Waals surface area contributed by atoms with Gasteiger partial charge in [0.25, 0.3) is 0 Å². The zero-order chi connectivity index (χ0) is 7.56. The van der Waals surface area contributed by atoms with Crippen molar-refractivity contribution in [3.8, 4) is 0 Å².